The second-order valence-electron chi connectivity index (χ2n) is 7.22. The van der Waals surface area contributed by atoms with Crippen LogP contribution in [0.15, 0.2) is 30.3 Å². The second-order valence-corrected chi connectivity index (χ2v) is 7.22. The molecule has 2 atom stereocenters. The summed E-state index contributed by atoms with van der Waals surface area (Å²) in [5.41, 5.74) is 1.76. The molecular formula is C23H22O9. The highest BCUT2D eigenvalue weighted by Crippen LogP contribution is 2.50. The first-order chi connectivity index (χ1) is 15.4. The van der Waals surface area contributed by atoms with E-state index >= 15 is 0 Å². The molecule has 1 N–H and O–H groups in total. The number of methoxy groups -OCH3 is 3. The molecule has 1 heterocycles. The Hall–Kier alpha value is -3.88. The van der Waals surface area contributed by atoms with Crippen molar-refractivity contribution < 1.29 is 43.1 Å². The number of carboxylic acids is 1. The molecule has 0 fully saturated rings. The molecule has 0 bridgehead atoms. The van der Waals surface area contributed by atoms with E-state index in [0.717, 1.165) is 0 Å². The second kappa shape index (κ2) is 8.33. The maximum Gasteiger partial charge on any atom is 0.311 e. The van der Waals surface area contributed by atoms with Gasteiger partial charge in [-0.25, -0.2) is 0 Å². The van der Waals surface area contributed by atoms with E-state index < -0.39 is 23.8 Å². The van der Waals surface area contributed by atoms with Gasteiger partial charge in [0.05, 0.1) is 27.2 Å². The summed E-state index contributed by atoms with van der Waals surface area (Å²) in [6.45, 7) is 1.30. The van der Waals surface area contributed by atoms with Gasteiger partial charge in [-0.2, -0.15) is 0 Å². The Morgan fingerprint density at radius 1 is 0.969 bits per heavy atom. The van der Waals surface area contributed by atoms with Crippen LogP contribution in [-0.4, -0.2) is 45.2 Å². The smallest absolute Gasteiger partial charge is 0.311 e. The molecule has 0 saturated heterocycles. The van der Waals surface area contributed by atoms with Crippen molar-refractivity contribution in [1.29, 1.82) is 0 Å². The van der Waals surface area contributed by atoms with Gasteiger partial charge in [-0.05, 0) is 41.5 Å². The third-order valence-corrected chi connectivity index (χ3v) is 5.42. The van der Waals surface area contributed by atoms with E-state index in [4.69, 9.17) is 28.4 Å². The summed E-state index contributed by atoms with van der Waals surface area (Å²) in [6, 6.07) is 6.83. The molecule has 168 valence electrons. The van der Waals surface area contributed by atoms with Gasteiger partial charge in [0.25, 0.3) is 0 Å². The van der Waals surface area contributed by atoms with Gasteiger partial charge in [0.1, 0.15) is 5.76 Å². The fourth-order valence-electron chi connectivity index (χ4n) is 4.10. The van der Waals surface area contributed by atoms with Gasteiger partial charge < -0.3 is 33.5 Å². The van der Waals surface area contributed by atoms with E-state index in [-0.39, 0.29) is 12.6 Å². The van der Waals surface area contributed by atoms with Crippen LogP contribution >= 0.6 is 0 Å². The lowest BCUT2D eigenvalue weighted by atomic mass is 9.74. The van der Waals surface area contributed by atoms with Crippen molar-refractivity contribution in [3.63, 3.8) is 0 Å². The predicted octanol–water partition coefficient (Wildman–Crippen LogP) is 3.19. The van der Waals surface area contributed by atoms with Crippen LogP contribution in [-0.2, 0) is 14.3 Å². The molecule has 0 radical (unpaired) electrons. The Kier molecular flexibility index (Phi) is 5.56. The van der Waals surface area contributed by atoms with Gasteiger partial charge >= 0.3 is 11.9 Å². The summed E-state index contributed by atoms with van der Waals surface area (Å²) < 4.78 is 32.7. The zero-order valence-corrected chi connectivity index (χ0v) is 18.0. The number of esters is 1. The first kappa shape index (κ1) is 21.4. The molecule has 0 saturated carbocycles. The van der Waals surface area contributed by atoms with E-state index in [0.29, 0.717) is 45.4 Å². The largest absolute Gasteiger partial charge is 0.493 e. The fraction of sp³-hybridized carbons (Fsp3) is 0.304. The number of carboxylic acid groups (broad SMARTS) is 1. The van der Waals surface area contributed by atoms with Crippen molar-refractivity contribution in [2.75, 3.05) is 28.1 Å². The van der Waals surface area contributed by atoms with Gasteiger partial charge in [0, 0.05) is 18.4 Å². The first-order valence-electron chi connectivity index (χ1n) is 9.74. The molecule has 9 heteroatoms. The number of rotatable bonds is 6. The number of hydrogen-bond donors (Lipinski definition) is 1. The SMILES string of the molecule is COc1cc(C2c3cc4c(cc3C(OC(C)=O)=CC2C(=O)O)OCO4)cc(OC)c1OC. The zero-order chi connectivity index (χ0) is 23.0. The van der Waals surface area contributed by atoms with Gasteiger partial charge in [-0.3, -0.25) is 9.59 Å². The lowest BCUT2D eigenvalue weighted by molar-refractivity contribution is -0.141. The Morgan fingerprint density at radius 2 is 1.59 bits per heavy atom. The van der Waals surface area contributed by atoms with Gasteiger partial charge in [-0.15, -0.1) is 0 Å². The van der Waals surface area contributed by atoms with Crippen LogP contribution in [0.25, 0.3) is 5.76 Å². The molecule has 2 aromatic carbocycles. The first-order valence-corrected chi connectivity index (χ1v) is 9.74. The van der Waals surface area contributed by atoms with Crippen molar-refractivity contribution in [2.45, 2.75) is 12.8 Å². The van der Waals surface area contributed by atoms with E-state index in [9.17, 15) is 14.7 Å². The Balaban J connectivity index is 1.97. The molecule has 2 aliphatic rings. The third kappa shape index (κ3) is 3.55. The van der Waals surface area contributed by atoms with E-state index in [1.54, 1.807) is 24.3 Å². The summed E-state index contributed by atoms with van der Waals surface area (Å²) >= 11 is 0. The fourth-order valence-corrected chi connectivity index (χ4v) is 4.10. The molecule has 0 spiro atoms. The summed E-state index contributed by atoms with van der Waals surface area (Å²) in [6.07, 6.45) is 1.43. The molecule has 9 nitrogen and oxygen atoms in total. The van der Waals surface area contributed by atoms with Crippen molar-refractivity contribution in [3.8, 4) is 28.7 Å². The van der Waals surface area contributed by atoms with Crippen LogP contribution < -0.4 is 23.7 Å². The minimum absolute atomic E-state index is 0.0437. The van der Waals surface area contributed by atoms with Crippen LogP contribution in [0.3, 0.4) is 0 Å². The average Bonchev–Trinajstić information content (AvgIpc) is 3.23. The normalized spacial score (nSPS) is 18.3. The quantitative estimate of drug-likeness (QED) is 0.675. The third-order valence-electron chi connectivity index (χ3n) is 5.42. The molecule has 0 aromatic heterocycles. The van der Waals surface area contributed by atoms with Crippen molar-refractivity contribution in [3.05, 3.63) is 47.0 Å². The Labute approximate surface area is 184 Å². The summed E-state index contributed by atoms with van der Waals surface area (Å²) in [7, 11) is 4.47. The average molecular weight is 442 g/mol. The van der Waals surface area contributed by atoms with Gasteiger partial charge in [0.15, 0.2) is 23.0 Å². The van der Waals surface area contributed by atoms with Crippen LogP contribution in [0, 0.1) is 5.92 Å². The topological polar surface area (TPSA) is 110 Å². The standard InChI is InChI=1S/C23H22O9/c1-11(24)32-16-9-15(23(25)26)21(14-8-18-17(7-13(14)16)30-10-31-18)12-5-19(27-2)22(29-4)20(6-12)28-3/h5-9,15,21H,10H2,1-4H3,(H,25,26). The molecule has 0 amide bonds. The van der Waals surface area contributed by atoms with Gasteiger partial charge in [0.2, 0.25) is 12.5 Å². The van der Waals surface area contributed by atoms with Crippen molar-refractivity contribution in [2.24, 2.45) is 5.92 Å². The van der Waals surface area contributed by atoms with Crippen molar-refractivity contribution >= 4 is 17.7 Å². The molecule has 2 aromatic rings. The van der Waals surface area contributed by atoms with Crippen molar-refractivity contribution in [1.82, 2.24) is 0 Å². The Bertz CT molecular complexity index is 1090. The molecule has 4 rings (SSSR count). The number of ether oxygens (including phenoxy) is 6. The summed E-state index contributed by atoms with van der Waals surface area (Å²) in [5.74, 6) is -1.05. The highest BCUT2D eigenvalue weighted by atomic mass is 16.7. The number of carbonyl (C=O) groups is 2. The molecule has 1 aliphatic heterocycles. The minimum Gasteiger partial charge on any atom is -0.493 e. The summed E-state index contributed by atoms with van der Waals surface area (Å²) in [5, 5.41) is 10.1. The van der Waals surface area contributed by atoms with Crippen LogP contribution in [0.2, 0.25) is 0 Å². The lowest BCUT2D eigenvalue weighted by Crippen LogP contribution is -2.26. The van der Waals surface area contributed by atoms with E-state index in [1.165, 1.54) is 34.3 Å². The lowest BCUT2D eigenvalue weighted by Gasteiger charge is -2.31. The highest BCUT2D eigenvalue weighted by molar-refractivity contribution is 5.86. The van der Waals surface area contributed by atoms with Gasteiger partial charge in [-0.1, -0.05) is 0 Å². The zero-order valence-electron chi connectivity index (χ0n) is 18.0. The predicted molar refractivity (Wildman–Crippen MR) is 111 cm³/mol. The van der Waals surface area contributed by atoms with Crippen LogP contribution in [0.5, 0.6) is 28.7 Å². The Morgan fingerprint density at radius 3 is 2.12 bits per heavy atom. The van der Waals surface area contributed by atoms with E-state index in [1.807, 2.05) is 0 Å². The van der Waals surface area contributed by atoms with Crippen LogP contribution in [0.1, 0.15) is 29.5 Å². The van der Waals surface area contributed by atoms with Crippen LogP contribution in [0.4, 0.5) is 0 Å². The molecule has 1 aliphatic carbocycles. The monoisotopic (exact) mass is 442 g/mol. The molecule has 32 heavy (non-hydrogen) atoms. The molecular weight excluding hydrogens is 420 g/mol. The minimum atomic E-state index is -1.09. The number of carbonyl (C=O) groups excluding carboxylic acids is 1. The number of benzene rings is 2. The highest BCUT2D eigenvalue weighted by Gasteiger charge is 2.39. The number of fused-ring (bicyclic) bond motifs is 2. The van der Waals surface area contributed by atoms with E-state index in [2.05, 4.69) is 0 Å². The summed E-state index contributed by atoms with van der Waals surface area (Å²) in [4.78, 5) is 24.0. The molecule has 2 unspecified atom stereocenters. The number of aliphatic carboxylic acids is 1. The maximum absolute atomic E-state index is 12.3. The maximum atomic E-state index is 12.3. The number of hydrogen-bond acceptors (Lipinski definition) is 8.